The first kappa shape index (κ1) is 20.1. The fraction of sp³-hybridized carbons (Fsp3) is 0.0952. The van der Waals surface area contributed by atoms with Crippen LogP contribution in [0.3, 0.4) is 0 Å². The Kier molecular flexibility index (Phi) is 6.25. The van der Waals surface area contributed by atoms with Crippen molar-refractivity contribution in [3.8, 4) is 5.75 Å². The second kappa shape index (κ2) is 9.03. The number of rotatable bonds is 5. The Morgan fingerprint density at radius 1 is 1.00 bits per heavy atom. The largest absolute Gasteiger partial charge is 0.495 e. The third kappa shape index (κ3) is 4.99. The van der Waals surface area contributed by atoms with Gasteiger partial charge >= 0.3 is 0 Å². The van der Waals surface area contributed by atoms with Crippen LogP contribution in [0, 0.1) is 6.92 Å². The molecule has 7 nitrogen and oxygen atoms in total. The van der Waals surface area contributed by atoms with Crippen LogP contribution < -0.4 is 20.7 Å². The van der Waals surface area contributed by atoms with E-state index in [2.05, 4.69) is 16.0 Å². The van der Waals surface area contributed by atoms with Crippen molar-refractivity contribution in [1.82, 2.24) is 5.32 Å². The summed E-state index contributed by atoms with van der Waals surface area (Å²) in [6.07, 6.45) is 1.42. The summed E-state index contributed by atoms with van der Waals surface area (Å²) < 4.78 is 10.4. The van der Waals surface area contributed by atoms with E-state index in [1.807, 2.05) is 19.1 Å². The maximum absolute atomic E-state index is 12.4. The van der Waals surface area contributed by atoms with E-state index in [1.54, 1.807) is 42.5 Å². The zero-order valence-corrected chi connectivity index (χ0v) is 16.6. The Morgan fingerprint density at radius 2 is 1.79 bits per heavy atom. The predicted octanol–water partition coefficient (Wildman–Crippen LogP) is 3.98. The number of hydrogen-bond donors (Lipinski definition) is 3. The Labute approximate surface area is 173 Å². The lowest BCUT2D eigenvalue weighted by atomic mass is 10.1. The van der Waals surface area contributed by atoms with Crippen molar-refractivity contribution in [2.75, 3.05) is 17.7 Å². The fourth-order valence-corrected chi connectivity index (χ4v) is 2.84. The summed E-state index contributed by atoms with van der Waals surface area (Å²) in [7, 11) is 1.51. The highest BCUT2D eigenvalue weighted by atomic mass is 32.1. The van der Waals surface area contributed by atoms with Crippen LogP contribution in [0.25, 0.3) is 0 Å². The molecule has 0 saturated carbocycles. The van der Waals surface area contributed by atoms with Gasteiger partial charge in [-0.25, -0.2) is 0 Å². The van der Waals surface area contributed by atoms with Gasteiger partial charge in [0.15, 0.2) is 10.9 Å². The Morgan fingerprint density at radius 3 is 2.48 bits per heavy atom. The smallest absolute Gasteiger partial charge is 0.291 e. The van der Waals surface area contributed by atoms with Crippen LogP contribution >= 0.6 is 12.2 Å². The first-order chi connectivity index (χ1) is 14.0. The molecule has 2 aromatic carbocycles. The van der Waals surface area contributed by atoms with E-state index in [0.717, 1.165) is 5.56 Å². The minimum absolute atomic E-state index is 0.103. The summed E-state index contributed by atoms with van der Waals surface area (Å²) in [6, 6.07) is 15.4. The molecule has 0 bridgehead atoms. The van der Waals surface area contributed by atoms with Gasteiger partial charge in [0.25, 0.3) is 11.8 Å². The molecule has 0 atom stereocenters. The molecule has 0 radical (unpaired) electrons. The van der Waals surface area contributed by atoms with Crippen molar-refractivity contribution in [1.29, 1.82) is 0 Å². The second-order valence-electron chi connectivity index (χ2n) is 6.07. The van der Waals surface area contributed by atoms with Crippen LogP contribution in [0.2, 0.25) is 0 Å². The zero-order valence-electron chi connectivity index (χ0n) is 15.8. The Hall–Kier alpha value is -3.65. The lowest BCUT2D eigenvalue weighted by Crippen LogP contribution is -2.34. The van der Waals surface area contributed by atoms with Crippen molar-refractivity contribution in [3.05, 3.63) is 77.7 Å². The first-order valence-electron chi connectivity index (χ1n) is 8.69. The number of thiocarbonyl (C=S) groups is 1. The number of benzene rings is 2. The third-order valence-corrected chi connectivity index (χ3v) is 4.27. The molecule has 8 heteroatoms. The molecule has 0 aliphatic heterocycles. The van der Waals surface area contributed by atoms with E-state index >= 15 is 0 Å². The topological polar surface area (TPSA) is 92.6 Å². The third-order valence-electron chi connectivity index (χ3n) is 4.07. The van der Waals surface area contributed by atoms with E-state index in [1.165, 1.54) is 13.4 Å². The van der Waals surface area contributed by atoms with E-state index < -0.39 is 0 Å². The van der Waals surface area contributed by atoms with Gasteiger partial charge in [0, 0.05) is 11.3 Å². The van der Waals surface area contributed by atoms with Crippen LogP contribution in [0.1, 0.15) is 26.5 Å². The standard InChI is InChI=1S/C21H19N3O4S/c1-13-6-3-4-7-15(13)19(25)24-21(29)23-16-12-14(9-10-17(16)27-2)22-20(26)18-8-5-11-28-18/h3-12H,1-2H3,(H,22,26)(H2,23,24,25,29). The minimum atomic E-state index is -0.387. The Balaban J connectivity index is 1.71. The molecule has 0 saturated heterocycles. The number of anilines is 2. The number of hydrogen-bond acceptors (Lipinski definition) is 5. The Bertz CT molecular complexity index is 1050. The SMILES string of the molecule is COc1ccc(NC(=O)c2ccco2)cc1NC(=S)NC(=O)c1ccccc1C. The highest BCUT2D eigenvalue weighted by Crippen LogP contribution is 2.28. The van der Waals surface area contributed by atoms with Gasteiger partial charge in [-0.1, -0.05) is 18.2 Å². The van der Waals surface area contributed by atoms with Gasteiger partial charge in [-0.05, 0) is 61.1 Å². The second-order valence-corrected chi connectivity index (χ2v) is 6.48. The summed E-state index contributed by atoms with van der Waals surface area (Å²) in [5.41, 5.74) is 2.36. The summed E-state index contributed by atoms with van der Waals surface area (Å²) in [6.45, 7) is 1.85. The van der Waals surface area contributed by atoms with Crippen molar-refractivity contribution in [3.63, 3.8) is 0 Å². The highest BCUT2D eigenvalue weighted by molar-refractivity contribution is 7.80. The lowest BCUT2D eigenvalue weighted by Gasteiger charge is -2.15. The number of carbonyl (C=O) groups excluding carboxylic acids is 2. The van der Waals surface area contributed by atoms with Crippen LogP contribution in [0.15, 0.2) is 65.3 Å². The summed E-state index contributed by atoms with van der Waals surface area (Å²) in [5, 5.41) is 8.40. The summed E-state index contributed by atoms with van der Waals surface area (Å²) in [5.74, 6) is -0.0202. The predicted molar refractivity (Wildman–Crippen MR) is 115 cm³/mol. The van der Waals surface area contributed by atoms with Gasteiger partial charge in [0.05, 0.1) is 19.1 Å². The molecule has 0 unspecified atom stereocenters. The molecule has 0 spiro atoms. The van der Waals surface area contributed by atoms with Gasteiger partial charge in [0.2, 0.25) is 0 Å². The van der Waals surface area contributed by atoms with E-state index in [0.29, 0.717) is 22.7 Å². The zero-order chi connectivity index (χ0) is 20.8. The molecule has 1 aromatic heterocycles. The van der Waals surface area contributed by atoms with E-state index in [4.69, 9.17) is 21.4 Å². The molecule has 3 rings (SSSR count). The number of carbonyl (C=O) groups is 2. The molecule has 0 fully saturated rings. The van der Waals surface area contributed by atoms with Crippen molar-refractivity contribution >= 4 is 40.5 Å². The molecule has 148 valence electrons. The molecule has 1 heterocycles. The molecule has 0 aliphatic carbocycles. The molecule has 3 aromatic rings. The number of amides is 2. The number of furan rings is 1. The summed E-state index contributed by atoms with van der Waals surface area (Å²) >= 11 is 5.26. The molecule has 29 heavy (non-hydrogen) atoms. The number of ether oxygens (including phenoxy) is 1. The van der Waals surface area contributed by atoms with Crippen LogP contribution in [-0.4, -0.2) is 24.0 Å². The molecule has 0 aliphatic rings. The monoisotopic (exact) mass is 409 g/mol. The van der Waals surface area contributed by atoms with Crippen LogP contribution in [-0.2, 0) is 0 Å². The maximum atomic E-state index is 12.4. The van der Waals surface area contributed by atoms with Gasteiger partial charge in [-0.2, -0.15) is 0 Å². The first-order valence-corrected chi connectivity index (χ1v) is 9.09. The number of aryl methyl sites for hydroxylation is 1. The van der Waals surface area contributed by atoms with E-state index in [-0.39, 0.29) is 22.7 Å². The quantitative estimate of drug-likeness (QED) is 0.552. The van der Waals surface area contributed by atoms with Gasteiger partial charge in [0.1, 0.15) is 5.75 Å². The van der Waals surface area contributed by atoms with E-state index in [9.17, 15) is 9.59 Å². The van der Waals surface area contributed by atoms with Gasteiger partial charge in [-0.3, -0.25) is 14.9 Å². The maximum Gasteiger partial charge on any atom is 0.291 e. The van der Waals surface area contributed by atoms with Crippen LogP contribution in [0.5, 0.6) is 5.75 Å². The normalized spacial score (nSPS) is 10.1. The van der Waals surface area contributed by atoms with Crippen molar-refractivity contribution < 1.29 is 18.7 Å². The summed E-state index contributed by atoms with van der Waals surface area (Å²) in [4.78, 5) is 24.6. The highest BCUT2D eigenvalue weighted by Gasteiger charge is 2.14. The molecular weight excluding hydrogens is 390 g/mol. The number of nitrogens with one attached hydrogen (secondary N) is 3. The average Bonchev–Trinajstić information content (AvgIpc) is 3.23. The van der Waals surface area contributed by atoms with Crippen molar-refractivity contribution in [2.24, 2.45) is 0 Å². The number of methoxy groups -OCH3 is 1. The average molecular weight is 409 g/mol. The molecule has 2 amide bonds. The van der Waals surface area contributed by atoms with Crippen LogP contribution in [0.4, 0.5) is 11.4 Å². The fourth-order valence-electron chi connectivity index (χ4n) is 2.64. The molecule has 3 N–H and O–H groups in total. The lowest BCUT2D eigenvalue weighted by molar-refractivity contribution is 0.0974. The molecular formula is C21H19N3O4S. The van der Waals surface area contributed by atoms with Gasteiger partial charge in [-0.15, -0.1) is 0 Å². The minimum Gasteiger partial charge on any atom is -0.495 e. The van der Waals surface area contributed by atoms with Crippen molar-refractivity contribution in [2.45, 2.75) is 6.92 Å². The van der Waals surface area contributed by atoms with Gasteiger partial charge < -0.3 is 19.8 Å².